The number of amides is 2. The van der Waals surface area contributed by atoms with Crippen LogP contribution in [-0.2, 0) is 11.4 Å². The number of benzene rings is 2. The molecule has 1 N–H and O–H groups in total. The van der Waals surface area contributed by atoms with Gasteiger partial charge in [0.2, 0.25) is 5.91 Å². The van der Waals surface area contributed by atoms with Crippen molar-refractivity contribution in [1.29, 1.82) is 0 Å². The van der Waals surface area contributed by atoms with E-state index in [0.29, 0.717) is 54.9 Å². The van der Waals surface area contributed by atoms with Gasteiger partial charge in [-0.2, -0.15) is 0 Å². The molecule has 33 heavy (non-hydrogen) atoms. The Kier molecular flexibility index (Phi) is 7.04. The first-order valence-corrected chi connectivity index (χ1v) is 10.7. The van der Waals surface area contributed by atoms with Gasteiger partial charge in [-0.1, -0.05) is 6.07 Å². The molecule has 0 aliphatic carbocycles. The quantitative estimate of drug-likeness (QED) is 0.568. The smallest absolute Gasteiger partial charge is 0.254 e. The van der Waals surface area contributed by atoms with Gasteiger partial charge >= 0.3 is 0 Å². The van der Waals surface area contributed by atoms with Gasteiger partial charge in [0.1, 0.15) is 32.1 Å². The Balaban J connectivity index is 1.33. The summed E-state index contributed by atoms with van der Waals surface area (Å²) < 4.78 is 16.8. The summed E-state index contributed by atoms with van der Waals surface area (Å²) in [6, 6.07) is 15.9. The topological polar surface area (TPSA) is 90.0 Å². The Morgan fingerprint density at radius 1 is 1.06 bits per heavy atom. The van der Waals surface area contributed by atoms with E-state index in [1.807, 2.05) is 19.1 Å². The highest BCUT2D eigenvalue weighted by Crippen LogP contribution is 2.32. The van der Waals surface area contributed by atoms with Crippen molar-refractivity contribution in [3.8, 4) is 17.2 Å². The summed E-state index contributed by atoms with van der Waals surface area (Å²) in [4.78, 5) is 31.0. The SMILES string of the molecule is CCN(CC(=O)Nc1ccc2c(c1)OCCO2)C(=O)c1ccc(OCc2cccnc2)cc1. The highest BCUT2D eigenvalue weighted by atomic mass is 16.6. The van der Waals surface area contributed by atoms with Crippen molar-refractivity contribution in [3.05, 3.63) is 78.1 Å². The van der Waals surface area contributed by atoms with Crippen LogP contribution in [0.15, 0.2) is 67.0 Å². The molecule has 0 fully saturated rings. The van der Waals surface area contributed by atoms with E-state index in [0.717, 1.165) is 5.56 Å². The van der Waals surface area contributed by atoms with E-state index in [1.54, 1.807) is 54.9 Å². The van der Waals surface area contributed by atoms with Gasteiger partial charge in [0, 0.05) is 41.8 Å². The molecule has 3 aromatic rings. The van der Waals surface area contributed by atoms with Crippen LogP contribution in [0.1, 0.15) is 22.8 Å². The maximum absolute atomic E-state index is 12.9. The molecule has 0 bridgehead atoms. The second kappa shape index (κ2) is 10.5. The summed E-state index contributed by atoms with van der Waals surface area (Å²) in [6.07, 6.45) is 3.45. The number of carbonyl (C=O) groups excluding carboxylic acids is 2. The van der Waals surface area contributed by atoms with Crippen LogP contribution in [0.2, 0.25) is 0 Å². The van der Waals surface area contributed by atoms with Crippen LogP contribution in [-0.4, -0.2) is 48.0 Å². The summed E-state index contributed by atoms with van der Waals surface area (Å²) in [5.41, 5.74) is 2.03. The monoisotopic (exact) mass is 447 g/mol. The Hall–Kier alpha value is -4.07. The van der Waals surface area contributed by atoms with Crippen molar-refractivity contribution in [1.82, 2.24) is 9.88 Å². The number of hydrogen-bond donors (Lipinski definition) is 1. The summed E-state index contributed by atoms with van der Waals surface area (Å²) in [7, 11) is 0. The third-order valence-electron chi connectivity index (χ3n) is 5.06. The van der Waals surface area contributed by atoms with Crippen molar-refractivity contribution in [3.63, 3.8) is 0 Å². The number of nitrogens with zero attached hydrogens (tertiary/aromatic N) is 2. The Labute approximate surface area is 192 Å². The van der Waals surface area contributed by atoms with Crippen LogP contribution in [0.4, 0.5) is 5.69 Å². The number of likely N-dealkylation sites (N-methyl/N-ethyl adjacent to an activating group) is 1. The average Bonchev–Trinajstić information content (AvgIpc) is 2.86. The summed E-state index contributed by atoms with van der Waals surface area (Å²) in [6.45, 7) is 3.53. The van der Waals surface area contributed by atoms with Crippen LogP contribution in [0.5, 0.6) is 17.2 Å². The standard InChI is InChI=1S/C25H25N3O5/c1-2-28(16-24(29)27-20-7-10-22-23(14-20)32-13-12-31-22)25(30)19-5-8-21(9-6-19)33-17-18-4-3-11-26-15-18/h3-11,14-15H,2,12-13,16-17H2,1H3,(H,27,29). The fraction of sp³-hybridized carbons (Fsp3) is 0.240. The minimum atomic E-state index is -0.293. The third-order valence-corrected chi connectivity index (χ3v) is 5.06. The molecule has 170 valence electrons. The first-order valence-electron chi connectivity index (χ1n) is 10.7. The summed E-state index contributed by atoms with van der Waals surface area (Å²) >= 11 is 0. The Bertz CT molecular complexity index is 1100. The van der Waals surface area contributed by atoms with E-state index in [-0.39, 0.29) is 18.4 Å². The predicted molar refractivity (Wildman–Crippen MR) is 123 cm³/mol. The van der Waals surface area contributed by atoms with Crippen LogP contribution < -0.4 is 19.5 Å². The van der Waals surface area contributed by atoms with Gasteiger partial charge in [-0.05, 0) is 49.4 Å². The number of rotatable bonds is 8. The fourth-order valence-electron chi connectivity index (χ4n) is 3.35. The molecule has 2 amide bonds. The number of hydrogen-bond acceptors (Lipinski definition) is 6. The average molecular weight is 447 g/mol. The molecule has 2 aromatic carbocycles. The summed E-state index contributed by atoms with van der Waals surface area (Å²) in [5.74, 6) is 1.37. The molecule has 0 radical (unpaired) electrons. The van der Waals surface area contributed by atoms with E-state index >= 15 is 0 Å². The van der Waals surface area contributed by atoms with Gasteiger partial charge in [-0.15, -0.1) is 0 Å². The van der Waals surface area contributed by atoms with Gasteiger partial charge < -0.3 is 24.4 Å². The van der Waals surface area contributed by atoms with Crippen molar-refractivity contribution >= 4 is 17.5 Å². The Morgan fingerprint density at radius 2 is 1.85 bits per heavy atom. The largest absolute Gasteiger partial charge is 0.489 e. The molecule has 0 saturated carbocycles. The van der Waals surface area contributed by atoms with Crippen molar-refractivity contribution < 1.29 is 23.8 Å². The second-order valence-electron chi connectivity index (χ2n) is 7.40. The molecule has 0 unspecified atom stereocenters. The van der Waals surface area contributed by atoms with Crippen molar-refractivity contribution in [2.45, 2.75) is 13.5 Å². The number of fused-ring (bicyclic) bond motifs is 1. The van der Waals surface area contributed by atoms with E-state index in [9.17, 15) is 9.59 Å². The molecule has 4 rings (SSSR count). The number of carbonyl (C=O) groups is 2. The van der Waals surface area contributed by atoms with Crippen LogP contribution in [0.3, 0.4) is 0 Å². The van der Waals surface area contributed by atoms with Gasteiger partial charge in [0.05, 0.1) is 0 Å². The van der Waals surface area contributed by atoms with Crippen molar-refractivity contribution in [2.24, 2.45) is 0 Å². The van der Waals surface area contributed by atoms with Crippen molar-refractivity contribution in [2.75, 3.05) is 31.6 Å². The predicted octanol–water partition coefficient (Wildman–Crippen LogP) is 3.53. The highest BCUT2D eigenvalue weighted by molar-refractivity contribution is 5.99. The van der Waals surface area contributed by atoms with E-state index in [2.05, 4.69) is 10.3 Å². The zero-order valence-corrected chi connectivity index (χ0v) is 18.3. The maximum Gasteiger partial charge on any atom is 0.254 e. The van der Waals surface area contributed by atoms with Gasteiger partial charge in [0.15, 0.2) is 11.5 Å². The number of nitrogens with one attached hydrogen (secondary N) is 1. The lowest BCUT2D eigenvalue weighted by atomic mass is 10.2. The van der Waals surface area contributed by atoms with Crippen LogP contribution in [0, 0.1) is 0 Å². The number of anilines is 1. The lowest BCUT2D eigenvalue weighted by Crippen LogP contribution is -2.37. The van der Waals surface area contributed by atoms with E-state index in [1.165, 1.54) is 4.90 Å². The lowest BCUT2D eigenvalue weighted by Gasteiger charge is -2.21. The second-order valence-corrected chi connectivity index (χ2v) is 7.40. The molecule has 1 aliphatic rings. The minimum absolute atomic E-state index is 0.0664. The lowest BCUT2D eigenvalue weighted by molar-refractivity contribution is -0.116. The molecule has 8 nitrogen and oxygen atoms in total. The van der Waals surface area contributed by atoms with Crippen LogP contribution in [0.25, 0.3) is 0 Å². The minimum Gasteiger partial charge on any atom is -0.489 e. The molecule has 0 spiro atoms. The molecule has 8 heteroatoms. The maximum atomic E-state index is 12.9. The van der Waals surface area contributed by atoms with E-state index in [4.69, 9.17) is 14.2 Å². The third kappa shape index (κ3) is 5.79. The normalized spacial score (nSPS) is 12.0. The molecule has 1 aromatic heterocycles. The molecular weight excluding hydrogens is 422 g/mol. The van der Waals surface area contributed by atoms with Crippen LogP contribution >= 0.6 is 0 Å². The Morgan fingerprint density at radius 3 is 2.58 bits per heavy atom. The zero-order valence-electron chi connectivity index (χ0n) is 18.3. The van der Waals surface area contributed by atoms with E-state index < -0.39 is 0 Å². The number of aromatic nitrogens is 1. The molecule has 0 saturated heterocycles. The van der Waals surface area contributed by atoms with Gasteiger partial charge in [-0.3, -0.25) is 14.6 Å². The summed E-state index contributed by atoms with van der Waals surface area (Å²) in [5, 5.41) is 2.81. The highest BCUT2D eigenvalue weighted by Gasteiger charge is 2.18. The molecule has 1 aliphatic heterocycles. The first-order chi connectivity index (χ1) is 16.1. The number of pyridine rings is 1. The van der Waals surface area contributed by atoms with Gasteiger partial charge in [-0.25, -0.2) is 0 Å². The number of ether oxygens (including phenoxy) is 3. The molecular formula is C25H25N3O5. The fourth-order valence-corrected chi connectivity index (χ4v) is 3.35. The first kappa shape index (κ1) is 22.1. The van der Waals surface area contributed by atoms with Gasteiger partial charge in [0.25, 0.3) is 5.91 Å². The molecule has 0 atom stereocenters. The zero-order chi connectivity index (χ0) is 23.0. The molecule has 2 heterocycles.